The molecule has 0 spiro atoms. The van der Waals surface area contributed by atoms with E-state index in [1.165, 1.54) is 25.3 Å². The number of amides is 1. The number of fused-ring (bicyclic) bond motifs is 1. The van der Waals surface area contributed by atoms with Crippen LogP contribution in [0.2, 0.25) is 0 Å². The number of nitrogens with one attached hydrogen (secondary N) is 1. The highest BCUT2D eigenvalue weighted by Crippen LogP contribution is 2.42. The van der Waals surface area contributed by atoms with Crippen molar-refractivity contribution in [3.05, 3.63) is 53.6 Å². The number of pyridine rings is 1. The number of carbonyl (C=O) groups excluding carboxylic acids is 1. The van der Waals surface area contributed by atoms with Gasteiger partial charge in [-0.25, -0.2) is 13.4 Å². The van der Waals surface area contributed by atoms with Crippen molar-refractivity contribution < 1.29 is 31.5 Å². The number of aliphatic hydroxyl groups is 1. The second-order valence-corrected chi connectivity index (χ2v) is 13.1. The number of hydrogen-bond acceptors (Lipinski definition) is 6. The third-order valence-corrected chi connectivity index (χ3v) is 9.78. The van der Waals surface area contributed by atoms with Gasteiger partial charge in [-0.15, -0.1) is 0 Å². The summed E-state index contributed by atoms with van der Waals surface area (Å²) < 4.78 is 65.6. The molecule has 2 fully saturated rings. The number of imidazole rings is 1. The van der Waals surface area contributed by atoms with Crippen molar-refractivity contribution in [2.45, 2.75) is 75.0 Å². The lowest BCUT2D eigenvalue weighted by atomic mass is 9.80. The van der Waals surface area contributed by atoms with Gasteiger partial charge in [0.05, 0.1) is 45.9 Å². The fourth-order valence-corrected chi connectivity index (χ4v) is 6.35. The Hall–Kier alpha value is -2.99. The molecule has 3 aromatic rings. The number of carbonyl (C=O) groups is 1. The van der Waals surface area contributed by atoms with E-state index in [4.69, 9.17) is 4.98 Å². The van der Waals surface area contributed by atoms with Crippen LogP contribution in [0.15, 0.2) is 41.4 Å². The monoisotopic (exact) mass is 578 g/mol. The van der Waals surface area contributed by atoms with Crippen molar-refractivity contribution in [1.82, 2.24) is 19.9 Å². The van der Waals surface area contributed by atoms with Gasteiger partial charge < -0.3 is 15.0 Å². The second-order valence-electron chi connectivity index (χ2n) is 10.8. The molecule has 0 unspecified atom stereocenters. The highest BCUT2D eigenvalue weighted by atomic mass is 32.2. The second kappa shape index (κ2) is 11.1. The van der Waals surface area contributed by atoms with E-state index in [1.54, 1.807) is 12.1 Å². The summed E-state index contributed by atoms with van der Waals surface area (Å²) in [5.74, 6) is -0.723. The van der Waals surface area contributed by atoms with Gasteiger partial charge in [-0.2, -0.15) is 13.2 Å². The first-order valence-corrected chi connectivity index (χ1v) is 15.3. The molecule has 5 rings (SSSR count). The SMILES string of the molecule is CCS(=O)(=O)c1ccc([C@H](CO)NC(=O)c2ccc3c(c2)nc(CC2CCC(C(F)(F)F)CC2)n3C2CC2)nc1. The number of aliphatic hydroxyl groups excluding tert-OH is 1. The molecule has 2 aliphatic rings. The third-order valence-electron chi connectivity index (χ3n) is 8.06. The number of nitrogens with zero attached hydrogens (tertiary/aromatic N) is 3. The molecule has 2 saturated carbocycles. The van der Waals surface area contributed by atoms with Crippen molar-refractivity contribution in [1.29, 1.82) is 0 Å². The maximum Gasteiger partial charge on any atom is 0.391 e. The summed E-state index contributed by atoms with van der Waals surface area (Å²) in [5, 5.41) is 12.6. The van der Waals surface area contributed by atoms with Crippen LogP contribution >= 0.6 is 0 Å². The number of alkyl halides is 3. The van der Waals surface area contributed by atoms with Crippen molar-refractivity contribution in [3.63, 3.8) is 0 Å². The zero-order valence-corrected chi connectivity index (χ0v) is 23.0. The lowest BCUT2D eigenvalue weighted by Crippen LogP contribution is -2.31. The molecule has 0 radical (unpaired) electrons. The smallest absolute Gasteiger partial charge is 0.391 e. The Morgan fingerprint density at radius 2 is 1.85 bits per heavy atom. The van der Waals surface area contributed by atoms with Gasteiger partial charge in [-0.05, 0) is 74.8 Å². The van der Waals surface area contributed by atoms with Gasteiger partial charge in [0, 0.05) is 24.2 Å². The molecule has 2 aromatic heterocycles. The molecule has 1 atom stereocenters. The molecule has 2 N–H and O–H groups in total. The predicted molar refractivity (Wildman–Crippen MR) is 142 cm³/mol. The Balaban J connectivity index is 1.32. The predicted octanol–water partition coefficient (Wildman–Crippen LogP) is 4.93. The molecule has 216 valence electrons. The van der Waals surface area contributed by atoms with E-state index < -0.39 is 40.5 Å². The van der Waals surface area contributed by atoms with Gasteiger partial charge in [0.15, 0.2) is 9.84 Å². The molecule has 1 aromatic carbocycles. The third kappa shape index (κ3) is 6.02. The van der Waals surface area contributed by atoms with E-state index in [0.29, 0.717) is 42.1 Å². The average molecular weight is 579 g/mol. The van der Waals surface area contributed by atoms with Gasteiger partial charge in [-0.1, -0.05) is 6.92 Å². The van der Waals surface area contributed by atoms with Crippen LogP contribution in [0.25, 0.3) is 11.0 Å². The van der Waals surface area contributed by atoms with Crippen LogP contribution in [-0.2, 0) is 16.3 Å². The molecule has 12 heteroatoms. The molecule has 0 bridgehead atoms. The highest BCUT2D eigenvalue weighted by molar-refractivity contribution is 7.91. The van der Waals surface area contributed by atoms with Gasteiger partial charge in [-0.3, -0.25) is 9.78 Å². The molecule has 1 amide bonds. The summed E-state index contributed by atoms with van der Waals surface area (Å²) in [7, 11) is -3.42. The standard InChI is InChI=1S/C28H33F3N4O4S/c1-2-40(38,39)21-10-11-22(32-15-21)24(16-36)34-27(37)18-5-12-25-23(14-18)33-26(35(25)20-8-9-20)13-17-3-6-19(7-4-17)28(29,30)31/h5,10-12,14-15,17,19-20,24,36H,2-4,6-9,13,16H2,1H3,(H,34,37)/t17?,19?,24-/m0/s1. The van der Waals surface area contributed by atoms with Crippen LogP contribution in [-0.4, -0.2) is 52.5 Å². The van der Waals surface area contributed by atoms with Crippen LogP contribution in [0.4, 0.5) is 13.2 Å². The zero-order valence-electron chi connectivity index (χ0n) is 22.2. The number of sulfone groups is 1. The lowest BCUT2D eigenvalue weighted by Gasteiger charge is -2.29. The summed E-state index contributed by atoms with van der Waals surface area (Å²) in [5.41, 5.74) is 2.21. The van der Waals surface area contributed by atoms with Crippen LogP contribution < -0.4 is 5.32 Å². The molecule has 0 aliphatic heterocycles. The van der Waals surface area contributed by atoms with Crippen molar-refractivity contribution in [2.24, 2.45) is 11.8 Å². The van der Waals surface area contributed by atoms with Gasteiger partial charge >= 0.3 is 6.18 Å². The summed E-state index contributed by atoms with van der Waals surface area (Å²) in [4.78, 5) is 22.1. The molecular weight excluding hydrogens is 545 g/mol. The van der Waals surface area contributed by atoms with E-state index in [0.717, 1.165) is 24.2 Å². The first kappa shape index (κ1) is 28.5. The fourth-order valence-electron chi connectivity index (χ4n) is 5.53. The average Bonchev–Trinajstić information content (AvgIpc) is 3.71. The van der Waals surface area contributed by atoms with Gasteiger partial charge in [0.1, 0.15) is 5.82 Å². The maximum absolute atomic E-state index is 13.1. The van der Waals surface area contributed by atoms with Crippen molar-refractivity contribution in [3.8, 4) is 0 Å². The Morgan fingerprint density at radius 3 is 2.42 bits per heavy atom. The molecular formula is C28H33F3N4O4S. The maximum atomic E-state index is 13.1. The summed E-state index contributed by atoms with van der Waals surface area (Å²) >= 11 is 0. The summed E-state index contributed by atoms with van der Waals surface area (Å²) in [6, 6.07) is 7.57. The fraction of sp³-hybridized carbons (Fsp3) is 0.536. The van der Waals surface area contributed by atoms with Gasteiger partial charge in [0.25, 0.3) is 5.91 Å². The minimum absolute atomic E-state index is 0.0614. The van der Waals surface area contributed by atoms with E-state index in [2.05, 4.69) is 14.9 Å². The number of benzene rings is 1. The number of aromatic nitrogens is 3. The minimum Gasteiger partial charge on any atom is -0.394 e. The van der Waals surface area contributed by atoms with E-state index in [1.807, 2.05) is 6.07 Å². The molecule has 8 nitrogen and oxygen atoms in total. The summed E-state index contributed by atoms with van der Waals surface area (Å²) in [6.45, 7) is 1.11. The van der Waals surface area contributed by atoms with Crippen molar-refractivity contribution in [2.75, 3.05) is 12.4 Å². The topological polar surface area (TPSA) is 114 Å². The van der Waals surface area contributed by atoms with Crippen LogP contribution in [0, 0.1) is 11.8 Å². The Bertz CT molecular complexity index is 1480. The Labute approximate surface area is 230 Å². The Morgan fingerprint density at radius 1 is 1.12 bits per heavy atom. The number of rotatable bonds is 9. The highest BCUT2D eigenvalue weighted by Gasteiger charge is 2.41. The number of halogens is 3. The van der Waals surface area contributed by atoms with E-state index in [9.17, 15) is 31.5 Å². The minimum atomic E-state index is -4.13. The lowest BCUT2D eigenvalue weighted by molar-refractivity contribution is -0.183. The molecule has 0 saturated heterocycles. The van der Waals surface area contributed by atoms with Crippen LogP contribution in [0.1, 0.15) is 79.4 Å². The first-order chi connectivity index (χ1) is 19.0. The van der Waals surface area contributed by atoms with E-state index >= 15 is 0 Å². The zero-order chi connectivity index (χ0) is 28.7. The van der Waals surface area contributed by atoms with Crippen LogP contribution in [0.5, 0.6) is 0 Å². The molecule has 2 aliphatic carbocycles. The molecule has 2 heterocycles. The quantitative estimate of drug-likeness (QED) is 0.372. The van der Waals surface area contributed by atoms with Crippen LogP contribution in [0.3, 0.4) is 0 Å². The first-order valence-electron chi connectivity index (χ1n) is 13.7. The molecule has 40 heavy (non-hydrogen) atoms. The Kier molecular flexibility index (Phi) is 7.93. The largest absolute Gasteiger partial charge is 0.394 e. The normalized spacial score (nSPS) is 20.9. The van der Waals surface area contributed by atoms with Crippen molar-refractivity contribution >= 4 is 26.8 Å². The van der Waals surface area contributed by atoms with Gasteiger partial charge in [0.2, 0.25) is 0 Å². The number of hydrogen-bond donors (Lipinski definition) is 2. The van der Waals surface area contributed by atoms with E-state index in [-0.39, 0.29) is 29.4 Å². The summed E-state index contributed by atoms with van der Waals surface area (Å²) in [6.07, 6.45) is 1.08.